The molecule has 0 aliphatic heterocycles. The van der Waals surface area contributed by atoms with Crippen LogP contribution in [0.5, 0.6) is 0 Å². The molecule has 0 aliphatic rings. The molecule has 13 heavy (non-hydrogen) atoms. The zero-order chi connectivity index (χ0) is 9.68. The van der Waals surface area contributed by atoms with Gasteiger partial charge in [0.1, 0.15) is 0 Å². The molecule has 1 heteroatoms. The Kier molecular flexibility index (Phi) is 3.69. The number of hydrogen-bond acceptors (Lipinski definition) is 1. The number of rotatable bonds is 4. The molecule has 0 aliphatic carbocycles. The molecule has 1 rings (SSSR count). The van der Waals surface area contributed by atoms with Crippen molar-refractivity contribution in [2.75, 3.05) is 0 Å². The summed E-state index contributed by atoms with van der Waals surface area (Å²) in [5, 5.41) is 7.76. The lowest BCUT2D eigenvalue weighted by atomic mass is 10.0. The zero-order valence-electron chi connectivity index (χ0n) is 8.43. The normalized spacial score (nSPS) is 10.0. The van der Waals surface area contributed by atoms with Gasteiger partial charge in [-0.1, -0.05) is 44.5 Å². The zero-order valence-corrected chi connectivity index (χ0v) is 8.43. The van der Waals surface area contributed by atoms with Crippen molar-refractivity contribution in [3.8, 4) is 0 Å². The van der Waals surface area contributed by atoms with Crippen LogP contribution in [-0.4, -0.2) is 5.71 Å². The molecule has 0 fully saturated rings. The highest BCUT2D eigenvalue weighted by Gasteiger charge is 1.98. The number of aryl methyl sites for hydroxylation is 1. The molecule has 0 radical (unpaired) electrons. The van der Waals surface area contributed by atoms with E-state index < -0.39 is 0 Å². The molecule has 1 N–H and O–H groups in total. The third kappa shape index (κ3) is 2.69. The lowest BCUT2D eigenvalue weighted by Crippen LogP contribution is -1.97. The Morgan fingerprint density at radius 2 is 1.77 bits per heavy atom. The highest BCUT2D eigenvalue weighted by Crippen LogP contribution is 2.08. The minimum Gasteiger partial charge on any atom is -0.305 e. The van der Waals surface area contributed by atoms with Crippen molar-refractivity contribution in [2.45, 2.75) is 33.1 Å². The van der Waals surface area contributed by atoms with Crippen molar-refractivity contribution in [3.63, 3.8) is 0 Å². The van der Waals surface area contributed by atoms with Crippen molar-refractivity contribution in [1.29, 1.82) is 5.41 Å². The first-order valence-corrected chi connectivity index (χ1v) is 4.94. The van der Waals surface area contributed by atoms with Gasteiger partial charge in [0.15, 0.2) is 0 Å². The summed E-state index contributed by atoms with van der Waals surface area (Å²) in [6.45, 7) is 4.25. The summed E-state index contributed by atoms with van der Waals surface area (Å²) in [5.74, 6) is 0. The van der Waals surface area contributed by atoms with Crippen LogP contribution in [-0.2, 0) is 6.42 Å². The van der Waals surface area contributed by atoms with Crippen LogP contribution in [0.2, 0.25) is 0 Å². The van der Waals surface area contributed by atoms with Gasteiger partial charge in [-0.2, -0.15) is 0 Å². The monoisotopic (exact) mass is 175 g/mol. The van der Waals surface area contributed by atoms with E-state index in [1.54, 1.807) is 0 Å². The summed E-state index contributed by atoms with van der Waals surface area (Å²) >= 11 is 0. The van der Waals surface area contributed by atoms with E-state index in [0.717, 1.165) is 30.5 Å². The summed E-state index contributed by atoms with van der Waals surface area (Å²) < 4.78 is 0. The van der Waals surface area contributed by atoms with E-state index in [4.69, 9.17) is 5.41 Å². The van der Waals surface area contributed by atoms with Crippen LogP contribution < -0.4 is 0 Å². The maximum Gasteiger partial charge on any atom is 0.0386 e. The molecule has 0 amide bonds. The van der Waals surface area contributed by atoms with Crippen LogP contribution in [0.15, 0.2) is 24.3 Å². The smallest absolute Gasteiger partial charge is 0.0386 e. The molecule has 1 aromatic rings. The lowest BCUT2D eigenvalue weighted by Gasteiger charge is -2.03. The first-order valence-electron chi connectivity index (χ1n) is 4.94. The Morgan fingerprint density at radius 1 is 1.15 bits per heavy atom. The van der Waals surface area contributed by atoms with Gasteiger partial charge < -0.3 is 5.41 Å². The van der Waals surface area contributed by atoms with E-state index in [2.05, 4.69) is 38.1 Å². The lowest BCUT2D eigenvalue weighted by molar-refractivity contribution is 0.986. The van der Waals surface area contributed by atoms with Gasteiger partial charge in [0, 0.05) is 5.71 Å². The first kappa shape index (κ1) is 9.97. The van der Waals surface area contributed by atoms with Gasteiger partial charge in [0.25, 0.3) is 0 Å². The summed E-state index contributed by atoms with van der Waals surface area (Å²) in [4.78, 5) is 0. The molecule has 0 aromatic heterocycles. The van der Waals surface area contributed by atoms with Crippen molar-refractivity contribution in [2.24, 2.45) is 0 Å². The largest absolute Gasteiger partial charge is 0.305 e. The van der Waals surface area contributed by atoms with Crippen molar-refractivity contribution < 1.29 is 0 Å². The van der Waals surface area contributed by atoms with Crippen molar-refractivity contribution in [1.82, 2.24) is 0 Å². The predicted octanol–water partition coefficient (Wildman–Crippen LogP) is 3.42. The SMILES string of the molecule is CCCC(=N)c1ccc(CC)cc1. The molecular formula is C12H17N. The average Bonchev–Trinajstić information content (AvgIpc) is 2.18. The quantitative estimate of drug-likeness (QED) is 0.678. The van der Waals surface area contributed by atoms with Gasteiger partial charge in [-0.25, -0.2) is 0 Å². The van der Waals surface area contributed by atoms with Gasteiger partial charge in [-0.15, -0.1) is 0 Å². The fraction of sp³-hybridized carbons (Fsp3) is 0.417. The maximum absolute atomic E-state index is 7.76. The van der Waals surface area contributed by atoms with E-state index in [0.29, 0.717) is 0 Å². The van der Waals surface area contributed by atoms with Crippen LogP contribution in [0.25, 0.3) is 0 Å². The van der Waals surface area contributed by atoms with E-state index in [1.807, 2.05) is 0 Å². The van der Waals surface area contributed by atoms with Gasteiger partial charge in [0.2, 0.25) is 0 Å². The van der Waals surface area contributed by atoms with E-state index in [-0.39, 0.29) is 0 Å². The van der Waals surface area contributed by atoms with Crippen molar-refractivity contribution in [3.05, 3.63) is 35.4 Å². The third-order valence-corrected chi connectivity index (χ3v) is 2.21. The Hall–Kier alpha value is -1.11. The van der Waals surface area contributed by atoms with Crippen LogP contribution in [0.3, 0.4) is 0 Å². The fourth-order valence-corrected chi connectivity index (χ4v) is 1.34. The minimum atomic E-state index is 0.755. The molecule has 1 aromatic carbocycles. The summed E-state index contributed by atoms with van der Waals surface area (Å²) in [6, 6.07) is 8.33. The molecule has 0 unspecified atom stereocenters. The topological polar surface area (TPSA) is 23.9 Å². The predicted molar refractivity (Wildman–Crippen MR) is 57.6 cm³/mol. The van der Waals surface area contributed by atoms with E-state index >= 15 is 0 Å². The van der Waals surface area contributed by atoms with Crippen LogP contribution in [0.4, 0.5) is 0 Å². The molecule has 0 heterocycles. The first-order chi connectivity index (χ1) is 6.27. The molecule has 0 bridgehead atoms. The number of benzene rings is 1. The molecule has 0 atom stereocenters. The molecular weight excluding hydrogens is 158 g/mol. The van der Waals surface area contributed by atoms with Gasteiger partial charge in [-0.3, -0.25) is 0 Å². The molecule has 0 saturated carbocycles. The van der Waals surface area contributed by atoms with Crippen molar-refractivity contribution >= 4 is 5.71 Å². The molecule has 0 saturated heterocycles. The maximum atomic E-state index is 7.76. The fourth-order valence-electron chi connectivity index (χ4n) is 1.34. The summed E-state index contributed by atoms with van der Waals surface area (Å²) in [7, 11) is 0. The summed E-state index contributed by atoms with van der Waals surface area (Å²) in [6.07, 6.45) is 3.00. The standard InChI is InChI=1S/C12H17N/c1-3-5-12(13)11-8-6-10(4-2)7-9-11/h6-9,13H,3-5H2,1-2H3. The Balaban J connectivity index is 2.74. The second kappa shape index (κ2) is 4.80. The van der Waals surface area contributed by atoms with Gasteiger partial charge in [0.05, 0.1) is 0 Å². The molecule has 70 valence electrons. The van der Waals surface area contributed by atoms with Gasteiger partial charge >= 0.3 is 0 Å². The number of nitrogens with one attached hydrogen (secondary N) is 1. The molecule has 0 spiro atoms. The van der Waals surface area contributed by atoms with Crippen LogP contribution >= 0.6 is 0 Å². The average molecular weight is 175 g/mol. The molecule has 1 nitrogen and oxygen atoms in total. The Morgan fingerprint density at radius 3 is 2.23 bits per heavy atom. The van der Waals surface area contributed by atoms with Crippen LogP contribution in [0.1, 0.15) is 37.8 Å². The highest BCUT2D eigenvalue weighted by molar-refractivity contribution is 5.98. The third-order valence-electron chi connectivity index (χ3n) is 2.21. The minimum absolute atomic E-state index is 0.755. The number of hydrogen-bond donors (Lipinski definition) is 1. The van der Waals surface area contributed by atoms with E-state index in [1.165, 1.54) is 5.56 Å². The second-order valence-corrected chi connectivity index (χ2v) is 3.28. The highest BCUT2D eigenvalue weighted by atomic mass is 14.4. The Labute approximate surface area is 80.3 Å². The van der Waals surface area contributed by atoms with Gasteiger partial charge in [-0.05, 0) is 24.0 Å². The Bertz CT molecular complexity index is 272. The van der Waals surface area contributed by atoms with Crippen LogP contribution in [0, 0.1) is 5.41 Å². The van der Waals surface area contributed by atoms with E-state index in [9.17, 15) is 0 Å². The second-order valence-electron chi connectivity index (χ2n) is 3.28. The summed E-state index contributed by atoms with van der Waals surface area (Å²) in [5.41, 5.74) is 3.16.